The molecule has 0 spiro atoms. The standard InChI is InChI=1S/C27H34BrNO5/c1-5-33-21-12-16(11-18(28)25(21)31)23-22(26(32)34-17-9-7-6-8-10-17)15(2)29-19-13-27(3,4)14-20(30)24(19)23/h11-12,17,23-24,31H,5-10,13-14H2,1-4H3/t23-,24?/m1/s1. The summed E-state index contributed by atoms with van der Waals surface area (Å²) in [6.07, 6.45) is 6.04. The summed E-state index contributed by atoms with van der Waals surface area (Å²) in [4.78, 5) is 31.9. The fourth-order valence-corrected chi connectivity index (χ4v) is 6.12. The maximum absolute atomic E-state index is 13.6. The Bertz CT molecular complexity index is 1050. The molecule has 2 saturated carbocycles. The molecule has 184 valence electrons. The van der Waals surface area contributed by atoms with Crippen molar-refractivity contribution in [1.29, 1.82) is 0 Å². The summed E-state index contributed by atoms with van der Waals surface area (Å²) in [7, 11) is 0. The van der Waals surface area contributed by atoms with Gasteiger partial charge in [-0.25, -0.2) is 4.79 Å². The minimum absolute atomic E-state index is 0.00145. The number of ether oxygens (including phenoxy) is 2. The number of phenols is 1. The van der Waals surface area contributed by atoms with E-state index in [1.807, 2.05) is 13.8 Å². The van der Waals surface area contributed by atoms with E-state index >= 15 is 0 Å². The lowest BCUT2D eigenvalue weighted by atomic mass is 9.63. The van der Waals surface area contributed by atoms with Gasteiger partial charge in [0, 0.05) is 23.7 Å². The van der Waals surface area contributed by atoms with E-state index < -0.39 is 17.8 Å². The van der Waals surface area contributed by atoms with Crippen molar-refractivity contribution in [3.63, 3.8) is 0 Å². The molecule has 34 heavy (non-hydrogen) atoms. The van der Waals surface area contributed by atoms with Gasteiger partial charge in [-0.2, -0.15) is 0 Å². The zero-order valence-electron chi connectivity index (χ0n) is 20.4. The number of aromatic hydroxyl groups is 1. The molecule has 6 nitrogen and oxygen atoms in total. The predicted octanol–water partition coefficient (Wildman–Crippen LogP) is 6.25. The average molecular weight is 532 g/mol. The van der Waals surface area contributed by atoms with Gasteiger partial charge in [-0.15, -0.1) is 0 Å². The molecule has 0 radical (unpaired) electrons. The molecule has 0 saturated heterocycles. The number of hydrogen-bond donors (Lipinski definition) is 1. The van der Waals surface area contributed by atoms with Crippen molar-refractivity contribution in [3.05, 3.63) is 33.4 Å². The van der Waals surface area contributed by atoms with Gasteiger partial charge in [-0.3, -0.25) is 9.79 Å². The minimum Gasteiger partial charge on any atom is -0.503 e. The van der Waals surface area contributed by atoms with Crippen molar-refractivity contribution in [2.75, 3.05) is 6.61 Å². The summed E-state index contributed by atoms with van der Waals surface area (Å²) in [5, 5.41) is 10.5. The Morgan fingerprint density at radius 1 is 1.18 bits per heavy atom. The molecule has 1 aromatic carbocycles. The smallest absolute Gasteiger partial charge is 0.336 e. The lowest BCUT2D eigenvalue weighted by Gasteiger charge is -2.41. The van der Waals surface area contributed by atoms with E-state index in [1.54, 1.807) is 12.1 Å². The summed E-state index contributed by atoms with van der Waals surface area (Å²) in [6.45, 7) is 8.21. The van der Waals surface area contributed by atoms with Crippen molar-refractivity contribution < 1.29 is 24.2 Å². The lowest BCUT2D eigenvalue weighted by Crippen LogP contribution is -2.44. The Kier molecular flexibility index (Phi) is 7.22. The first-order valence-corrected chi connectivity index (χ1v) is 13.1. The number of aliphatic imine (C=N–C) groups is 1. The molecule has 0 amide bonds. The number of allylic oxidation sites excluding steroid dienone is 1. The number of hydrogen-bond acceptors (Lipinski definition) is 6. The first-order valence-electron chi connectivity index (χ1n) is 12.3. The van der Waals surface area contributed by atoms with Crippen LogP contribution < -0.4 is 4.74 Å². The second-order valence-electron chi connectivity index (χ2n) is 10.5. The number of carbonyl (C=O) groups is 2. The molecule has 1 N–H and O–H groups in total. The number of esters is 1. The van der Waals surface area contributed by atoms with Gasteiger partial charge < -0.3 is 14.6 Å². The molecule has 7 heteroatoms. The van der Waals surface area contributed by atoms with E-state index in [2.05, 4.69) is 29.8 Å². The molecular weight excluding hydrogens is 498 g/mol. The molecular formula is C27H34BrNO5. The van der Waals surface area contributed by atoms with Crippen LogP contribution in [0.2, 0.25) is 0 Å². The number of nitrogens with zero attached hydrogens (tertiary/aromatic N) is 1. The Morgan fingerprint density at radius 2 is 1.88 bits per heavy atom. The van der Waals surface area contributed by atoms with Crippen LogP contribution in [0.25, 0.3) is 0 Å². The SMILES string of the molecule is CCOc1cc([C@@H]2C(C(=O)OC3CCCCC3)=C(C)N=C3CC(C)(C)CC(=O)C32)cc(Br)c1O. The van der Waals surface area contributed by atoms with Crippen molar-refractivity contribution in [2.24, 2.45) is 16.3 Å². The molecule has 3 aliphatic rings. The number of halogens is 1. The fraction of sp³-hybridized carbons (Fsp3) is 0.593. The van der Waals surface area contributed by atoms with Gasteiger partial charge in [-0.05, 0) is 85.0 Å². The van der Waals surface area contributed by atoms with Crippen LogP contribution in [0.15, 0.2) is 32.9 Å². The first kappa shape index (κ1) is 25.0. The van der Waals surface area contributed by atoms with Crippen molar-refractivity contribution in [1.82, 2.24) is 0 Å². The lowest BCUT2D eigenvalue weighted by molar-refractivity contribution is -0.146. The quantitative estimate of drug-likeness (QED) is 0.454. The second kappa shape index (κ2) is 9.84. The molecule has 1 aliphatic heterocycles. The van der Waals surface area contributed by atoms with Crippen LogP contribution in [0, 0.1) is 11.3 Å². The highest BCUT2D eigenvalue weighted by Crippen LogP contribution is 2.49. The van der Waals surface area contributed by atoms with E-state index in [-0.39, 0.29) is 23.1 Å². The third-order valence-corrected chi connectivity index (χ3v) is 7.72. The highest BCUT2D eigenvalue weighted by Gasteiger charge is 2.48. The molecule has 1 unspecified atom stereocenters. The van der Waals surface area contributed by atoms with E-state index in [1.165, 1.54) is 6.42 Å². The van der Waals surface area contributed by atoms with Gasteiger partial charge in [-0.1, -0.05) is 20.3 Å². The average Bonchev–Trinajstić information content (AvgIpc) is 2.75. The van der Waals surface area contributed by atoms with E-state index in [4.69, 9.17) is 14.5 Å². The number of rotatable bonds is 5. The summed E-state index contributed by atoms with van der Waals surface area (Å²) < 4.78 is 12.1. The van der Waals surface area contributed by atoms with Gasteiger partial charge in [0.05, 0.1) is 22.6 Å². The maximum atomic E-state index is 13.6. The van der Waals surface area contributed by atoms with Crippen LogP contribution in [-0.2, 0) is 14.3 Å². The number of carbonyl (C=O) groups excluding carboxylic acids is 2. The Labute approximate surface area is 209 Å². The summed E-state index contributed by atoms with van der Waals surface area (Å²) >= 11 is 3.43. The Balaban J connectivity index is 1.82. The van der Waals surface area contributed by atoms with Crippen molar-refractivity contribution in [3.8, 4) is 11.5 Å². The Morgan fingerprint density at radius 3 is 2.56 bits per heavy atom. The predicted molar refractivity (Wildman–Crippen MR) is 134 cm³/mol. The van der Waals surface area contributed by atoms with Gasteiger partial charge in [0.2, 0.25) is 0 Å². The Hall–Kier alpha value is -2.15. The molecule has 2 atom stereocenters. The molecule has 0 aromatic heterocycles. The first-order chi connectivity index (χ1) is 16.1. The largest absolute Gasteiger partial charge is 0.503 e. The maximum Gasteiger partial charge on any atom is 0.336 e. The fourth-order valence-electron chi connectivity index (χ4n) is 5.66. The van der Waals surface area contributed by atoms with E-state index in [0.29, 0.717) is 40.9 Å². The second-order valence-corrected chi connectivity index (χ2v) is 11.3. The van der Waals surface area contributed by atoms with E-state index in [0.717, 1.165) is 37.0 Å². The number of Topliss-reactive ketones (excluding diaryl/α,β-unsaturated/α-hetero) is 1. The van der Waals surface area contributed by atoms with Crippen LogP contribution in [0.1, 0.15) is 84.1 Å². The monoisotopic (exact) mass is 531 g/mol. The van der Waals surface area contributed by atoms with Crippen LogP contribution in [0.3, 0.4) is 0 Å². The van der Waals surface area contributed by atoms with Crippen LogP contribution in [0.5, 0.6) is 11.5 Å². The van der Waals surface area contributed by atoms with Crippen molar-refractivity contribution >= 4 is 33.4 Å². The molecule has 1 aromatic rings. The van der Waals surface area contributed by atoms with Crippen LogP contribution >= 0.6 is 15.9 Å². The van der Waals surface area contributed by atoms with E-state index in [9.17, 15) is 14.7 Å². The number of phenolic OH excluding ortho intramolecular Hbond substituents is 1. The number of ketones is 1. The van der Waals surface area contributed by atoms with Gasteiger partial charge in [0.25, 0.3) is 0 Å². The van der Waals surface area contributed by atoms with Crippen LogP contribution in [0.4, 0.5) is 0 Å². The van der Waals surface area contributed by atoms with Crippen LogP contribution in [-0.4, -0.2) is 35.3 Å². The summed E-state index contributed by atoms with van der Waals surface area (Å²) in [5.74, 6) is -1.06. The van der Waals surface area contributed by atoms with Gasteiger partial charge in [0.15, 0.2) is 11.5 Å². The third kappa shape index (κ3) is 4.95. The number of benzene rings is 1. The molecule has 0 bridgehead atoms. The summed E-state index contributed by atoms with van der Waals surface area (Å²) in [5.41, 5.74) is 2.41. The minimum atomic E-state index is -0.539. The summed E-state index contributed by atoms with van der Waals surface area (Å²) in [6, 6.07) is 3.52. The van der Waals surface area contributed by atoms with Crippen molar-refractivity contribution in [2.45, 2.75) is 84.7 Å². The van der Waals surface area contributed by atoms with Gasteiger partial charge in [0.1, 0.15) is 11.9 Å². The zero-order chi connectivity index (χ0) is 24.6. The molecule has 4 rings (SSSR count). The molecule has 2 aliphatic carbocycles. The highest BCUT2D eigenvalue weighted by molar-refractivity contribution is 9.10. The normalized spacial score (nSPS) is 25.0. The topological polar surface area (TPSA) is 85.2 Å². The number of fused-ring (bicyclic) bond motifs is 1. The molecule has 1 heterocycles. The molecule has 2 fully saturated rings. The highest BCUT2D eigenvalue weighted by atomic mass is 79.9. The zero-order valence-corrected chi connectivity index (χ0v) is 22.0. The third-order valence-electron chi connectivity index (χ3n) is 7.12. The van der Waals surface area contributed by atoms with Gasteiger partial charge >= 0.3 is 5.97 Å².